The fourth-order valence-corrected chi connectivity index (χ4v) is 2.66. The Balaban J connectivity index is 1.75. The largest absolute Gasteiger partial charge is 0.611 e. The number of hydrogen-bond donors (Lipinski definition) is 0. The maximum absolute atomic E-state index is 6.15. The van der Waals surface area contributed by atoms with Crippen LogP contribution in [0.4, 0.5) is 0 Å². The van der Waals surface area contributed by atoms with Crippen LogP contribution in [0.15, 0.2) is 121 Å². The van der Waals surface area contributed by atoms with Gasteiger partial charge in [-0.15, -0.1) is 0 Å². The van der Waals surface area contributed by atoms with Crippen LogP contribution in [0.3, 0.4) is 0 Å². The molecule has 29 heavy (non-hydrogen) atoms. The van der Waals surface area contributed by atoms with Crippen molar-refractivity contribution in [3.05, 3.63) is 121 Å². The molecule has 0 N–H and O–H groups in total. The number of para-hydroxylation sites is 4. The molecule has 0 aliphatic rings. The van der Waals surface area contributed by atoms with Crippen molar-refractivity contribution in [2.75, 3.05) is 0 Å². The Morgan fingerprint density at radius 2 is 0.517 bits per heavy atom. The monoisotopic (exact) mass is 384 g/mol. The molecular weight excluding hydrogens is 364 g/mol. The molecule has 144 valence electrons. The van der Waals surface area contributed by atoms with Gasteiger partial charge in [-0.2, -0.15) is 0 Å². The molecule has 0 radical (unpaired) electrons. The molecule has 0 saturated carbocycles. The van der Waals surface area contributed by atoms with E-state index in [0.717, 1.165) is 0 Å². The highest BCUT2D eigenvalue weighted by molar-refractivity contribution is 5.27. The topological polar surface area (TPSA) is 36.9 Å². The Kier molecular flexibility index (Phi) is 5.63. The molecule has 4 rings (SSSR count). The second kappa shape index (κ2) is 8.85. The van der Waals surface area contributed by atoms with Crippen LogP contribution in [0.5, 0.6) is 23.0 Å². The van der Waals surface area contributed by atoms with Gasteiger partial charge < -0.3 is 18.9 Å². The molecule has 4 aromatic carbocycles. The fourth-order valence-electron chi connectivity index (χ4n) is 2.66. The summed E-state index contributed by atoms with van der Waals surface area (Å²) in [5.41, 5.74) is 0. The third-order valence-corrected chi connectivity index (χ3v) is 3.94. The Hall–Kier alpha value is -3.92. The van der Waals surface area contributed by atoms with Crippen molar-refractivity contribution in [2.24, 2.45) is 0 Å². The summed E-state index contributed by atoms with van der Waals surface area (Å²) in [6.07, 6.45) is -1.88. The summed E-state index contributed by atoms with van der Waals surface area (Å²) in [6, 6.07) is 37.1. The van der Waals surface area contributed by atoms with Crippen molar-refractivity contribution in [1.29, 1.82) is 0 Å². The van der Waals surface area contributed by atoms with Gasteiger partial charge >= 0.3 is 6.16 Å². The van der Waals surface area contributed by atoms with Gasteiger partial charge in [0.2, 0.25) is 0 Å². The van der Waals surface area contributed by atoms with Crippen LogP contribution < -0.4 is 18.9 Å². The molecule has 4 heteroatoms. The van der Waals surface area contributed by atoms with E-state index < -0.39 is 6.16 Å². The Morgan fingerprint density at radius 3 is 0.724 bits per heavy atom. The first kappa shape index (κ1) is 18.4. The van der Waals surface area contributed by atoms with Gasteiger partial charge in [0.15, 0.2) is 0 Å². The summed E-state index contributed by atoms with van der Waals surface area (Å²) in [7, 11) is 0. The van der Waals surface area contributed by atoms with Crippen molar-refractivity contribution >= 4 is 0 Å². The zero-order valence-electron chi connectivity index (χ0n) is 15.7. The van der Waals surface area contributed by atoms with Gasteiger partial charge in [0.25, 0.3) is 0 Å². The maximum Gasteiger partial charge on any atom is 0.611 e. The molecule has 0 atom stereocenters. The van der Waals surface area contributed by atoms with E-state index in [1.165, 1.54) is 0 Å². The van der Waals surface area contributed by atoms with E-state index in [1.54, 1.807) is 0 Å². The molecule has 0 fully saturated rings. The van der Waals surface area contributed by atoms with Crippen molar-refractivity contribution in [1.82, 2.24) is 0 Å². The molecule has 4 nitrogen and oxygen atoms in total. The van der Waals surface area contributed by atoms with Crippen molar-refractivity contribution in [2.45, 2.75) is 6.16 Å². The second-order valence-corrected chi connectivity index (χ2v) is 6.16. The number of rotatable bonds is 8. The van der Waals surface area contributed by atoms with E-state index in [9.17, 15) is 0 Å². The lowest BCUT2D eigenvalue weighted by atomic mass is 10.3. The Bertz CT molecular complexity index is 818. The first-order valence-electron chi connectivity index (χ1n) is 9.28. The van der Waals surface area contributed by atoms with Gasteiger partial charge in [-0.1, -0.05) is 72.8 Å². The average Bonchev–Trinajstić information content (AvgIpc) is 2.76. The Morgan fingerprint density at radius 1 is 0.310 bits per heavy atom. The van der Waals surface area contributed by atoms with Crippen LogP contribution in [0.2, 0.25) is 0 Å². The second-order valence-electron chi connectivity index (χ2n) is 6.16. The molecular formula is C25H20O4. The van der Waals surface area contributed by atoms with E-state index >= 15 is 0 Å². The van der Waals surface area contributed by atoms with E-state index in [4.69, 9.17) is 18.9 Å². The van der Waals surface area contributed by atoms with Crippen molar-refractivity contribution in [3.8, 4) is 23.0 Å². The zero-order chi connectivity index (χ0) is 19.8. The van der Waals surface area contributed by atoms with Crippen molar-refractivity contribution < 1.29 is 18.9 Å². The standard InChI is InChI=1S/C25H20O4/c1-5-13-21(14-6-1)26-25(27-22-15-7-2-8-16-22,28-23-17-9-3-10-18-23)29-24-19-11-4-12-20-24/h1-20H. The normalized spacial score (nSPS) is 10.8. The molecule has 0 spiro atoms. The SMILES string of the molecule is c1ccc(OC(Oc2ccccc2)(Oc2ccccc2)Oc2ccccc2)cc1. The first-order chi connectivity index (χ1) is 14.3. The van der Waals surface area contributed by atoms with Crippen LogP contribution in [-0.4, -0.2) is 6.16 Å². The lowest BCUT2D eigenvalue weighted by Crippen LogP contribution is -2.53. The molecule has 0 bridgehead atoms. The third kappa shape index (κ3) is 5.08. The number of hydrogen-bond acceptors (Lipinski definition) is 4. The smallest absolute Gasteiger partial charge is 0.386 e. The van der Waals surface area contributed by atoms with Gasteiger partial charge in [-0.05, 0) is 48.5 Å². The summed E-state index contributed by atoms with van der Waals surface area (Å²) in [4.78, 5) is 0. The minimum Gasteiger partial charge on any atom is -0.386 e. The average molecular weight is 384 g/mol. The number of ether oxygens (including phenoxy) is 4. The summed E-state index contributed by atoms with van der Waals surface area (Å²) in [6.45, 7) is 0. The predicted octanol–water partition coefficient (Wildman–Crippen LogP) is 5.91. The fraction of sp³-hybridized carbons (Fsp3) is 0.0400. The lowest BCUT2D eigenvalue weighted by molar-refractivity contribution is -0.367. The summed E-state index contributed by atoms with van der Waals surface area (Å²) < 4.78 is 24.6. The minimum absolute atomic E-state index is 0.537. The molecule has 0 heterocycles. The van der Waals surface area contributed by atoms with Gasteiger partial charge in [0.1, 0.15) is 23.0 Å². The van der Waals surface area contributed by atoms with E-state index in [2.05, 4.69) is 0 Å². The predicted molar refractivity (Wildman–Crippen MR) is 111 cm³/mol. The molecule has 0 saturated heterocycles. The summed E-state index contributed by atoms with van der Waals surface area (Å²) in [5, 5.41) is 0. The summed E-state index contributed by atoms with van der Waals surface area (Å²) >= 11 is 0. The van der Waals surface area contributed by atoms with Crippen LogP contribution in [0.1, 0.15) is 0 Å². The van der Waals surface area contributed by atoms with Crippen LogP contribution >= 0.6 is 0 Å². The van der Waals surface area contributed by atoms with Crippen molar-refractivity contribution in [3.63, 3.8) is 0 Å². The van der Waals surface area contributed by atoms with Gasteiger partial charge in [-0.3, -0.25) is 0 Å². The van der Waals surface area contributed by atoms with Gasteiger partial charge in [0, 0.05) is 0 Å². The Labute approximate surface area is 169 Å². The third-order valence-electron chi connectivity index (χ3n) is 3.94. The highest BCUT2D eigenvalue weighted by Crippen LogP contribution is 2.29. The van der Waals surface area contributed by atoms with E-state index in [0.29, 0.717) is 23.0 Å². The number of benzene rings is 4. The van der Waals surface area contributed by atoms with Crippen LogP contribution in [-0.2, 0) is 0 Å². The van der Waals surface area contributed by atoms with E-state index in [1.807, 2.05) is 121 Å². The first-order valence-corrected chi connectivity index (χ1v) is 9.28. The van der Waals surface area contributed by atoms with Crippen LogP contribution in [0.25, 0.3) is 0 Å². The zero-order valence-corrected chi connectivity index (χ0v) is 15.7. The van der Waals surface area contributed by atoms with Gasteiger partial charge in [0.05, 0.1) is 0 Å². The van der Waals surface area contributed by atoms with Crippen LogP contribution in [0, 0.1) is 0 Å². The molecule has 0 aliphatic carbocycles. The quantitative estimate of drug-likeness (QED) is 0.354. The lowest BCUT2D eigenvalue weighted by Gasteiger charge is -2.32. The minimum atomic E-state index is -1.88. The highest BCUT2D eigenvalue weighted by Gasteiger charge is 2.43. The van der Waals surface area contributed by atoms with E-state index in [-0.39, 0.29) is 0 Å². The molecule has 0 aliphatic heterocycles. The maximum atomic E-state index is 6.15. The molecule has 0 unspecified atom stereocenters. The molecule has 0 amide bonds. The van der Waals surface area contributed by atoms with Gasteiger partial charge in [-0.25, -0.2) is 0 Å². The summed E-state index contributed by atoms with van der Waals surface area (Å²) in [5.74, 6) is 2.15. The highest BCUT2D eigenvalue weighted by atomic mass is 17.0. The molecule has 0 aromatic heterocycles. The molecule has 4 aromatic rings.